The molecule has 1 N–H and O–H groups in total. The quantitative estimate of drug-likeness (QED) is 0.214. The Morgan fingerprint density at radius 2 is 1.83 bits per heavy atom. The number of piperazine rings is 1. The minimum atomic E-state index is -1.29. The molecule has 0 saturated carbocycles. The first-order chi connectivity index (χ1) is 26.0. The monoisotopic (exact) mass is 753 g/mol. The standard InChI is InChI=1S/C40H39N3O10S/c1-19-13-23-14-24-25(15-41)43-26-16-49-40(47)27(53-28(45)12-11-22-9-7-6-8-10-22)17-54-39(33(43)32(42(24)4)29(23)34(46)35(19)48-5)31-30(26)38-37(50-18-51-38)20(2)36(31)52-21(3)44/h6-13,24-27,32-33,39,46H,14,16-18H2,1-5H3/b12-11+/t24-,25+,26+,27+,32+,33?,39-/m1/s1. The fourth-order valence-electron chi connectivity index (χ4n) is 8.94. The van der Waals surface area contributed by atoms with Crippen LogP contribution in [0.1, 0.15) is 63.2 Å². The molecule has 1 unspecified atom stereocenters. The van der Waals surface area contributed by atoms with E-state index in [0.29, 0.717) is 45.9 Å². The number of likely N-dealkylation sites (N-methyl/N-ethyl adjacent to an activating group) is 1. The number of thioether (sulfide) groups is 1. The SMILES string of the molecule is COc1c(C)cc2c(c1O)[C@H]1C3[C@@H]4SC[C@H](OC(=O)/C=C/c5ccccc5)C(=O)OC[C@@H](c5c6c(c(C)c(OC(C)=O)c54)OCO6)N3[C@@H](C#N)[C@@H](C2)N1C. The molecule has 6 heterocycles. The first kappa shape index (κ1) is 35.8. The normalized spacial score (nSPS) is 26.9. The molecule has 4 bridgehead atoms. The molecule has 3 aromatic carbocycles. The number of hydrogen-bond acceptors (Lipinski definition) is 14. The van der Waals surface area contributed by atoms with E-state index in [9.17, 15) is 24.8 Å². The number of rotatable bonds is 5. The van der Waals surface area contributed by atoms with Crippen molar-refractivity contribution in [2.24, 2.45) is 0 Å². The first-order valence-electron chi connectivity index (χ1n) is 17.7. The number of benzene rings is 3. The summed E-state index contributed by atoms with van der Waals surface area (Å²) in [6.45, 7) is 4.67. The Kier molecular flexibility index (Phi) is 9.20. The summed E-state index contributed by atoms with van der Waals surface area (Å²) in [7, 11) is 3.47. The number of aromatic hydroxyl groups is 1. The molecule has 0 radical (unpaired) electrons. The first-order valence-corrected chi connectivity index (χ1v) is 18.7. The van der Waals surface area contributed by atoms with Crippen molar-refractivity contribution in [3.05, 3.63) is 81.4 Å². The number of carbonyl (C=O) groups excluding carboxylic acids is 3. The molecule has 2 fully saturated rings. The zero-order chi connectivity index (χ0) is 38.0. The van der Waals surface area contributed by atoms with Crippen LogP contribution in [0.4, 0.5) is 0 Å². The number of methoxy groups -OCH3 is 1. The molecule has 54 heavy (non-hydrogen) atoms. The Labute approximate surface area is 316 Å². The van der Waals surface area contributed by atoms with Crippen molar-refractivity contribution in [2.75, 3.05) is 33.3 Å². The van der Waals surface area contributed by atoms with E-state index in [-0.39, 0.29) is 36.7 Å². The van der Waals surface area contributed by atoms with Crippen molar-refractivity contribution in [3.8, 4) is 34.8 Å². The van der Waals surface area contributed by atoms with Gasteiger partial charge in [0.1, 0.15) is 18.4 Å². The van der Waals surface area contributed by atoms with Gasteiger partial charge in [0.25, 0.3) is 0 Å². The largest absolute Gasteiger partial charge is 0.504 e. The third kappa shape index (κ3) is 5.64. The highest BCUT2D eigenvalue weighted by Crippen LogP contribution is 2.64. The highest BCUT2D eigenvalue weighted by molar-refractivity contribution is 7.99. The molecule has 0 aliphatic carbocycles. The lowest BCUT2D eigenvalue weighted by Gasteiger charge is -2.61. The Bertz CT molecular complexity index is 2130. The Hall–Kier alpha value is -5.23. The van der Waals surface area contributed by atoms with Crippen LogP contribution in [-0.4, -0.2) is 90.4 Å². The summed E-state index contributed by atoms with van der Waals surface area (Å²) in [6.07, 6.45) is 2.05. The maximum Gasteiger partial charge on any atom is 0.348 e. The van der Waals surface area contributed by atoms with Gasteiger partial charge in [0.15, 0.2) is 23.0 Å². The van der Waals surface area contributed by atoms with Crippen molar-refractivity contribution < 1.29 is 47.9 Å². The summed E-state index contributed by atoms with van der Waals surface area (Å²) >= 11 is 1.32. The molecular weight excluding hydrogens is 715 g/mol. The summed E-state index contributed by atoms with van der Waals surface area (Å²) in [5.41, 5.74) is 4.92. The zero-order valence-corrected chi connectivity index (χ0v) is 31.2. The van der Waals surface area contributed by atoms with Gasteiger partial charge in [-0.05, 0) is 50.1 Å². The van der Waals surface area contributed by atoms with E-state index >= 15 is 0 Å². The average molecular weight is 754 g/mol. The second-order valence-electron chi connectivity index (χ2n) is 14.1. The predicted molar refractivity (Wildman–Crippen MR) is 195 cm³/mol. The minimum Gasteiger partial charge on any atom is -0.504 e. The van der Waals surface area contributed by atoms with Gasteiger partial charge in [-0.3, -0.25) is 14.6 Å². The van der Waals surface area contributed by atoms with E-state index in [4.69, 9.17) is 28.4 Å². The number of fused-ring (bicyclic) bond motifs is 10. The predicted octanol–water partition coefficient (Wildman–Crippen LogP) is 4.86. The van der Waals surface area contributed by atoms with Crippen LogP contribution in [0.2, 0.25) is 0 Å². The summed E-state index contributed by atoms with van der Waals surface area (Å²) in [5.74, 6) is -0.542. The van der Waals surface area contributed by atoms with E-state index in [0.717, 1.165) is 16.7 Å². The van der Waals surface area contributed by atoms with Crippen molar-refractivity contribution in [2.45, 2.75) is 68.8 Å². The molecule has 14 heteroatoms. The third-order valence-electron chi connectivity index (χ3n) is 11.1. The lowest BCUT2D eigenvalue weighted by Crippen LogP contribution is -2.69. The summed E-state index contributed by atoms with van der Waals surface area (Å²) in [4.78, 5) is 43.9. The van der Waals surface area contributed by atoms with Gasteiger partial charge >= 0.3 is 17.9 Å². The highest BCUT2D eigenvalue weighted by Gasteiger charge is 2.60. The fraction of sp³-hybridized carbons (Fsp3) is 0.400. The third-order valence-corrected chi connectivity index (χ3v) is 12.5. The number of nitriles is 1. The van der Waals surface area contributed by atoms with Gasteiger partial charge in [0.05, 0.1) is 30.5 Å². The molecule has 3 aromatic rings. The molecule has 9 rings (SSSR count). The molecule has 13 nitrogen and oxygen atoms in total. The number of nitrogens with zero attached hydrogens (tertiary/aromatic N) is 3. The Balaban J connectivity index is 1.32. The van der Waals surface area contributed by atoms with E-state index in [1.165, 1.54) is 31.9 Å². The van der Waals surface area contributed by atoms with Gasteiger partial charge in [-0.15, -0.1) is 11.8 Å². The maximum absolute atomic E-state index is 13.8. The number of esters is 3. The van der Waals surface area contributed by atoms with E-state index < -0.39 is 53.4 Å². The molecule has 280 valence electrons. The molecule has 0 aromatic heterocycles. The molecule has 7 atom stereocenters. The Morgan fingerprint density at radius 1 is 1.07 bits per heavy atom. The highest BCUT2D eigenvalue weighted by atomic mass is 32.2. The van der Waals surface area contributed by atoms with Crippen LogP contribution >= 0.6 is 11.8 Å². The average Bonchev–Trinajstić information content (AvgIpc) is 3.64. The van der Waals surface area contributed by atoms with E-state index in [1.807, 2.05) is 50.4 Å². The molecule has 0 spiro atoms. The van der Waals surface area contributed by atoms with Gasteiger partial charge in [-0.1, -0.05) is 36.4 Å². The van der Waals surface area contributed by atoms with E-state index in [1.54, 1.807) is 13.0 Å². The summed E-state index contributed by atoms with van der Waals surface area (Å²) in [5, 5.41) is 22.3. The maximum atomic E-state index is 13.8. The molecule has 6 aliphatic heterocycles. The lowest BCUT2D eigenvalue weighted by atomic mass is 9.71. The number of hydrogen-bond donors (Lipinski definition) is 1. The molecule has 6 aliphatic rings. The van der Waals surface area contributed by atoms with Gasteiger partial charge in [0.2, 0.25) is 12.9 Å². The molecular formula is C40H39N3O10S. The summed E-state index contributed by atoms with van der Waals surface area (Å²) in [6, 6.07) is 10.9. The van der Waals surface area contributed by atoms with Crippen molar-refractivity contribution in [1.82, 2.24) is 9.80 Å². The van der Waals surface area contributed by atoms with Crippen LogP contribution in [-0.2, 0) is 30.3 Å². The second-order valence-corrected chi connectivity index (χ2v) is 15.2. The smallest absolute Gasteiger partial charge is 0.348 e. The van der Waals surface area contributed by atoms with Crippen LogP contribution in [0, 0.1) is 25.2 Å². The number of phenols is 1. The molecule has 2 saturated heterocycles. The zero-order valence-electron chi connectivity index (χ0n) is 30.4. The topological polar surface area (TPSA) is 157 Å². The van der Waals surface area contributed by atoms with Gasteiger partial charge in [-0.25, -0.2) is 9.59 Å². The van der Waals surface area contributed by atoms with Crippen molar-refractivity contribution in [3.63, 3.8) is 0 Å². The van der Waals surface area contributed by atoms with Crippen LogP contribution in [0.5, 0.6) is 28.7 Å². The summed E-state index contributed by atoms with van der Waals surface area (Å²) < 4.78 is 35.6. The fourth-order valence-corrected chi connectivity index (χ4v) is 10.4. The minimum absolute atomic E-state index is 0.0156. The number of carbonyl (C=O) groups is 3. The van der Waals surface area contributed by atoms with Crippen molar-refractivity contribution in [1.29, 1.82) is 5.26 Å². The van der Waals surface area contributed by atoms with Gasteiger partial charge in [-0.2, -0.15) is 5.26 Å². The van der Waals surface area contributed by atoms with Gasteiger partial charge < -0.3 is 33.5 Å². The molecule has 0 amide bonds. The van der Waals surface area contributed by atoms with Crippen LogP contribution in [0.25, 0.3) is 6.08 Å². The van der Waals surface area contributed by atoms with Crippen LogP contribution < -0.4 is 18.9 Å². The van der Waals surface area contributed by atoms with Gasteiger partial charge in [0, 0.05) is 53.1 Å². The van der Waals surface area contributed by atoms with Crippen LogP contribution in [0.15, 0.2) is 42.5 Å². The van der Waals surface area contributed by atoms with Crippen molar-refractivity contribution >= 4 is 35.7 Å². The Morgan fingerprint density at radius 3 is 2.56 bits per heavy atom. The number of phenolic OH excluding ortho intramolecular Hbond substituents is 1. The van der Waals surface area contributed by atoms with Crippen LogP contribution in [0.3, 0.4) is 0 Å². The lowest BCUT2D eigenvalue weighted by molar-refractivity contribution is -0.167. The number of ether oxygens (including phenoxy) is 6. The number of aryl methyl sites for hydroxylation is 1. The second kappa shape index (κ2) is 13.9. The van der Waals surface area contributed by atoms with E-state index in [2.05, 4.69) is 15.9 Å².